The molecule has 3 aromatic carbocycles. The fourth-order valence-corrected chi connectivity index (χ4v) is 5.61. The molecule has 0 unspecified atom stereocenters. The summed E-state index contributed by atoms with van der Waals surface area (Å²) in [5, 5.41) is 11.8. The Kier molecular flexibility index (Phi) is 10.3. The Hall–Kier alpha value is -5.04. The van der Waals surface area contributed by atoms with Gasteiger partial charge in [0.25, 0.3) is 5.56 Å². The molecule has 2 heterocycles. The van der Waals surface area contributed by atoms with Crippen LogP contribution < -0.4 is 20.7 Å². The molecule has 1 aliphatic heterocycles. The number of hydrogen-bond acceptors (Lipinski definition) is 10. The van der Waals surface area contributed by atoms with Gasteiger partial charge < -0.3 is 33.6 Å². The number of aromatic nitrogens is 2. The molecule has 4 aromatic rings. The van der Waals surface area contributed by atoms with Crippen LogP contribution in [0.15, 0.2) is 101 Å². The van der Waals surface area contributed by atoms with E-state index < -0.39 is 47.4 Å². The fourth-order valence-electron chi connectivity index (χ4n) is 5.61. The number of Topliss-reactive ketones (excluding diaryl/α,β-unsaturated/α-hetero) is 1. The van der Waals surface area contributed by atoms with Crippen LogP contribution in [0.3, 0.4) is 0 Å². The van der Waals surface area contributed by atoms with Gasteiger partial charge >= 0.3 is 11.7 Å². The molecule has 1 aromatic heterocycles. The van der Waals surface area contributed by atoms with Crippen molar-refractivity contribution < 1.29 is 38.4 Å². The highest BCUT2D eigenvalue weighted by atomic mass is 16.6. The summed E-state index contributed by atoms with van der Waals surface area (Å²) in [7, 11) is 3.12. The number of nitrogens with one attached hydrogen (secondary N) is 1. The zero-order valence-electron chi connectivity index (χ0n) is 26.2. The standard InChI is InChI=1S/C35H36N2O10/c1-22(38)9-18-30(40)45-21-28-32(31(41)33(46-28)37-20-19-29(39)36-34(37)42)47-35(23-7-5-4-6-8-23,24-10-14-26(43-2)15-11-24)25-12-16-27(44-3)17-13-25/h4-8,10-17,19-20,28,31-33,41H,9,18,21H2,1-3H3,(H,36,39,42)/t28-,31-,32-,33-/m1/s1. The third-order valence-electron chi connectivity index (χ3n) is 8.01. The van der Waals surface area contributed by atoms with Crippen molar-refractivity contribution >= 4 is 11.8 Å². The van der Waals surface area contributed by atoms with E-state index in [4.69, 9.17) is 23.7 Å². The molecule has 47 heavy (non-hydrogen) atoms. The number of ketones is 1. The number of carbonyl (C=O) groups excluding carboxylic acids is 2. The van der Waals surface area contributed by atoms with Crippen LogP contribution in [-0.4, -0.2) is 65.5 Å². The second-order valence-corrected chi connectivity index (χ2v) is 11.0. The summed E-state index contributed by atoms with van der Waals surface area (Å²) >= 11 is 0. The number of methoxy groups -OCH3 is 2. The second-order valence-electron chi connectivity index (χ2n) is 11.0. The number of nitrogens with zero attached hydrogens (tertiary/aromatic N) is 1. The van der Waals surface area contributed by atoms with Crippen molar-refractivity contribution in [3.05, 3.63) is 129 Å². The summed E-state index contributed by atoms with van der Waals surface area (Å²) < 4.78 is 30.6. The molecule has 12 heteroatoms. The van der Waals surface area contributed by atoms with Crippen molar-refractivity contribution in [1.82, 2.24) is 9.55 Å². The third-order valence-corrected chi connectivity index (χ3v) is 8.01. The van der Waals surface area contributed by atoms with E-state index in [0.717, 1.165) is 10.6 Å². The molecule has 12 nitrogen and oxygen atoms in total. The number of rotatable bonds is 13. The van der Waals surface area contributed by atoms with Crippen LogP contribution in [0.2, 0.25) is 0 Å². The molecule has 4 atom stereocenters. The fraction of sp³-hybridized carbons (Fsp3) is 0.314. The summed E-state index contributed by atoms with van der Waals surface area (Å²) in [6.07, 6.45) is -4.01. The Labute approximate surface area is 270 Å². The smallest absolute Gasteiger partial charge is 0.330 e. The largest absolute Gasteiger partial charge is 0.497 e. The quantitative estimate of drug-likeness (QED) is 0.164. The normalized spacial score (nSPS) is 19.2. The number of benzene rings is 3. The van der Waals surface area contributed by atoms with E-state index in [2.05, 4.69) is 4.98 Å². The van der Waals surface area contributed by atoms with Gasteiger partial charge in [0.15, 0.2) is 6.23 Å². The first kappa shape index (κ1) is 33.3. The molecule has 0 spiro atoms. The molecule has 5 rings (SSSR count). The molecular weight excluding hydrogens is 608 g/mol. The number of esters is 1. The summed E-state index contributed by atoms with van der Waals surface area (Å²) in [5.41, 5.74) is -0.781. The molecular formula is C35H36N2O10. The SMILES string of the molecule is COc1ccc(C(O[C@H]2[C@@H](O)[C@H](n3ccc(=O)[nH]c3=O)O[C@@H]2COC(=O)CCC(C)=O)(c2ccccc2)c2ccc(OC)cc2)cc1. The number of aliphatic hydroxyl groups excluding tert-OH is 1. The van der Waals surface area contributed by atoms with Crippen molar-refractivity contribution in [1.29, 1.82) is 0 Å². The predicted octanol–water partition coefficient (Wildman–Crippen LogP) is 3.10. The van der Waals surface area contributed by atoms with Crippen LogP contribution in [-0.2, 0) is 29.4 Å². The Morgan fingerprint density at radius 2 is 1.43 bits per heavy atom. The lowest BCUT2D eigenvalue weighted by molar-refractivity contribution is -0.155. The van der Waals surface area contributed by atoms with Crippen molar-refractivity contribution in [3.8, 4) is 11.5 Å². The van der Waals surface area contributed by atoms with Crippen molar-refractivity contribution in [3.63, 3.8) is 0 Å². The van der Waals surface area contributed by atoms with Gasteiger partial charge in [0, 0.05) is 18.7 Å². The minimum Gasteiger partial charge on any atom is -0.497 e. The van der Waals surface area contributed by atoms with Crippen LogP contribution in [0.25, 0.3) is 0 Å². The van der Waals surface area contributed by atoms with E-state index >= 15 is 0 Å². The van der Waals surface area contributed by atoms with E-state index in [1.165, 1.54) is 13.1 Å². The Balaban J connectivity index is 1.64. The molecule has 1 saturated heterocycles. The van der Waals surface area contributed by atoms with Gasteiger partial charge in [0.1, 0.15) is 47.8 Å². The minimum atomic E-state index is -1.49. The van der Waals surface area contributed by atoms with Crippen LogP contribution in [0.1, 0.15) is 42.7 Å². The van der Waals surface area contributed by atoms with Gasteiger partial charge in [-0.1, -0.05) is 54.6 Å². The first-order chi connectivity index (χ1) is 22.7. The van der Waals surface area contributed by atoms with Gasteiger partial charge in [-0.05, 0) is 47.9 Å². The number of aliphatic hydroxyl groups is 1. The molecule has 2 N–H and O–H groups in total. The van der Waals surface area contributed by atoms with Gasteiger partial charge in [0.2, 0.25) is 0 Å². The third kappa shape index (κ3) is 7.19. The van der Waals surface area contributed by atoms with Crippen LogP contribution in [0.4, 0.5) is 0 Å². The molecule has 0 radical (unpaired) electrons. The summed E-state index contributed by atoms with van der Waals surface area (Å²) in [4.78, 5) is 50.8. The monoisotopic (exact) mass is 644 g/mol. The van der Waals surface area contributed by atoms with E-state index in [-0.39, 0.29) is 25.2 Å². The van der Waals surface area contributed by atoms with Crippen molar-refractivity contribution in [2.24, 2.45) is 0 Å². The summed E-state index contributed by atoms with van der Waals surface area (Å²) in [6, 6.07) is 25.0. The first-order valence-electron chi connectivity index (χ1n) is 15.0. The maximum Gasteiger partial charge on any atom is 0.330 e. The Morgan fingerprint density at radius 3 is 1.96 bits per heavy atom. The number of H-pyrrole nitrogens is 1. The van der Waals surface area contributed by atoms with Crippen molar-refractivity contribution in [2.45, 2.75) is 49.9 Å². The van der Waals surface area contributed by atoms with E-state index in [9.17, 15) is 24.3 Å². The molecule has 0 aliphatic carbocycles. The molecule has 0 bridgehead atoms. The average molecular weight is 645 g/mol. The van der Waals surface area contributed by atoms with Crippen molar-refractivity contribution in [2.75, 3.05) is 20.8 Å². The van der Waals surface area contributed by atoms with Gasteiger partial charge in [-0.2, -0.15) is 0 Å². The molecule has 0 amide bonds. The minimum absolute atomic E-state index is 0.00830. The lowest BCUT2D eigenvalue weighted by atomic mass is 9.79. The average Bonchev–Trinajstić information content (AvgIpc) is 3.39. The summed E-state index contributed by atoms with van der Waals surface area (Å²) in [5.74, 6) is 0.422. The maximum absolute atomic E-state index is 12.8. The zero-order chi connectivity index (χ0) is 33.6. The zero-order valence-corrected chi connectivity index (χ0v) is 26.2. The van der Waals surface area contributed by atoms with Crippen LogP contribution in [0, 0.1) is 0 Å². The van der Waals surface area contributed by atoms with Gasteiger partial charge in [-0.3, -0.25) is 19.1 Å². The molecule has 1 aliphatic rings. The number of hydrogen-bond donors (Lipinski definition) is 2. The number of carbonyl (C=O) groups is 2. The topological polar surface area (TPSA) is 155 Å². The molecule has 1 fully saturated rings. The van der Waals surface area contributed by atoms with Gasteiger partial charge in [-0.25, -0.2) is 4.79 Å². The highest BCUT2D eigenvalue weighted by Gasteiger charge is 2.51. The summed E-state index contributed by atoms with van der Waals surface area (Å²) in [6.45, 7) is 1.02. The highest BCUT2D eigenvalue weighted by molar-refractivity contribution is 5.80. The number of aromatic amines is 1. The Bertz CT molecular complexity index is 1740. The van der Waals surface area contributed by atoms with Crippen LogP contribution >= 0.6 is 0 Å². The first-order valence-corrected chi connectivity index (χ1v) is 15.0. The van der Waals surface area contributed by atoms with E-state index in [0.29, 0.717) is 28.2 Å². The highest BCUT2D eigenvalue weighted by Crippen LogP contribution is 2.45. The maximum atomic E-state index is 12.8. The predicted molar refractivity (Wildman–Crippen MR) is 169 cm³/mol. The van der Waals surface area contributed by atoms with Gasteiger partial charge in [-0.15, -0.1) is 0 Å². The van der Waals surface area contributed by atoms with E-state index in [1.54, 1.807) is 38.5 Å². The van der Waals surface area contributed by atoms with E-state index in [1.807, 2.05) is 54.6 Å². The van der Waals surface area contributed by atoms with Crippen LogP contribution in [0.5, 0.6) is 11.5 Å². The lowest BCUT2D eigenvalue weighted by Crippen LogP contribution is -2.46. The second kappa shape index (κ2) is 14.6. The molecule has 246 valence electrons. The lowest BCUT2D eigenvalue weighted by Gasteiger charge is -2.39. The number of ether oxygens (including phenoxy) is 5. The Morgan fingerprint density at radius 1 is 0.851 bits per heavy atom. The molecule has 0 saturated carbocycles. The van der Waals surface area contributed by atoms with Gasteiger partial charge in [0.05, 0.1) is 20.6 Å².